The van der Waals surface area contributed by atoms with Crippen LogP contribution in [0.25, 0.3) is 21.5 Å². The van der Waals surface area contributed by atoms with E-state index in [9.17, 15) is 19.1 Å². The van der Waals surface area contributed by atoms with Crippen LogP contribution >= 0.6 is 37.1 Å². The number of fused-ring (bicyclic) bond motifs is 2. The summed E-state index contributed by atoms with van der Waals surface area (Å²) in [7, 11) is 1.28. The van der Waals surface area contributed by atoms with Crippen LogP contribution in [0.3, 0.4) is 0 Å². The number of halogens is 1. The molecule has 2 fully saturated rings. The van der Waals surface area contributed by atoms with E-state index in [2.05, 4.69) is 37.2 Å². The highest BCUT2D eigenvalue weighted by Gasteiger charge is 2.51. The average molecular weight is 742 g/mol. The Hall–Kier alpha value is -2.24. The van der Waals surface area contributed by atoms with E-state index in [0.29, 0.717) is 0 Å². The number of nitrogens with two attached hydrogens (primary N) is 2. The molecule has 2 aliphatic heterocycles. The van der Waals surface area contributed by atoms with Crippen LogP contribution in [0.15, 0.2) is 23.8 Å². The van der Waals surface area contributed by atoms with Gasteiger partial charge in [-0.15, -0.1) is 0 Å². The number of anilines is 2. The maximum absolute atomic E-state index is 15.1. The largest absolute Gasteiger partial charge is 0.383 e. The summed E-state index contributed by atoms with van der Waals surface area (Å²) < 4.78 is 63.4. The zero-order valence-electron chi connectivity index (χ0n) is 23.4. The van der Waals surface area contributed by atoms with E-state index >= 15 is 4.39 Å². The molecule has 4 aromatic heterocycles. The fraction of sp³-hybridized carbons (Fsp3) is 0.524. The summed E-state index contributed by atoms with van der Waals surface area (Å²) in [6.45, 7) is -9.37. The molecule has 0 aliphatic carbocycles. The molecular weight excluding hydrogens is 715 g/mol. The second-order valence-electron chi connectivity index (χ2n) is 10.0. The number of hydrogen-bond donors (Lipinski definition) is 5. The minimum atomic E-state index is -4.26. The molecule has 2 aliphatic rings. The van der Waals surface area contributed by atoms with Gasteiger partial charge < -0.3 is 40.0 Å². The Bertz CT molecular complexity index is 1910. The SMILES string of the molecule is COC1[C@@H](OP(O)(=S)OC[C@@H]2C[C@@H](F)[C@H](n3cnc4c(N)ncnc43)O2)[C@H](n2c(=O)sc3c(N)ncnc32)O[C@@H]1COP(=O)(O)S. The van der Waals surface area contributed by atoms with Gasteiger partial charge in [-0.25, -0.2) is 33.9 Å². The molecule has 19 nitrogen and oxygen atoms in total. The summed E-state index contributed by atoms with van der Waals surface area (Å²) in [5.74, 6) is 0.161. The molecule has 2 saturated heterocycles. The Morgan fingerprint density at radius 3 is 2.52 bits per heavy atom. The zero-order valence-corrected chi connectivity index (χ0v) is 27.7. The molecule has 0 radical (unpaired) electrons. The third kappa shape index (κ3) is 6.70. The molecule has 9 atom stereocenters. The molecular formula is C21H26FN9O10P2S3. The molecule has 4 aromatic rings. The first kappa shape index (κ1) is 33.7. The number of aromatic nitrogens is 7. The van der Waals surface area contributed by atoms with E-state index in [0.717, 1.165) is 22.2 Å². The number of alkyl halides is 1. The van der Waals surface area contributed by atoms with Crippen molar-refractivity contribution in [1.82, 2.24) is 34.1 Å². The first-order valence-electron chi connectivity index (χ1n) is 13.1. The molecule has 0 amide bonds. The van der Waals surface area contributed by atoms with Gasteiger partial charge in [0.25, 0.3) is 0 Å². The van der Waals surface area contributed by atoms with Gasteiger partial charge in [0.15, 0.2) is 29.6 Å². The van der Waals surface area contributed by atoms with Crippen LogP contribution in [0.1, 0.15) is 18.9 Å². The number of rotatable bonds is 11. The lowest BCUT2D eigenvalue weighted by atomic mass is 10.1. The average Bonchev–Trinajstić information content (AvgIpc) is 3.74. The topological polar surface area (TPSA) is 256 Å². The van der Waals surface area contributed by atoms with Gasteiger partial charge in [-0.1, -0.05) is 23.6 Å². The molecule has 6 rings (SSSR count). The van der Waals surface area contributed by atoms with Gasteiger partial charge in [-0.05, 0) is 11.8 Å². The lowest BCUT2D eigenvalue weighted by Crippen LogP contribution is -2.38. The van der Waals surface area contributed by atoms with Crippen LogP contribution in [0, 0.1) is 0 Å². The highest BCUT2D eigenvalue weighted by Crippen LogP contribution is 2.52. The number of methoxy groups -OCH3 is 1. The van der Waals surface area contributed by atoms with Gasteiger partial charge in [-0.2, -0.15) is 0 Å². The molecule has 6 heterocycles. The molecule has 6 N–H and O–H groups in total. The van der Waals surface area contributed by atoms with Crippen LogP contribution < -0.4 is 16.3 Å². The predicted molar refractivity (Wildman–Crippen MR) is 166 cm³/mol. The summed E-state index contributed by atoms with van der Waals surface area (Å²) in [4.78, 5) is 53.4. The van der Waals surface area contributed by atoms with Crippen LogP contribution in [0.2, 0.25) is 0 Å². The van der Waals surface area contributed by atoms with Crippen molar-refractivity contribution >= 4 is 82.1 Å². The Balaban J connectivity index is 1.21. The summed E-state index contributed by atoms with van der Waals surface area (Å²) in [5.41, 5.74) is 12.4. The Morgan fingerprint density at radius 1 is 1.09 bits per heavy atom. The highest BCUT2D eigenvalue weighted by atomic mass is 32.7. The highest BCUT2D eigenvalue weighted by molar-refractivity contribution is 8.44. The molecule has 25 heteroatoms. The molecule has 3 unspecified atom stereocenters. The number of nitrogen functional groups attached to an aromatic ring is 2. The van der Waals surface area contributed by atoms with E-state index < -0.39 is 68.0 Å². The van der Waals surface area contributed by atoms with Crippen molar-refractivity contribution in [2.75, 3.05) is 31.8 Å². The van der Waals surface area contributed by atoms with Gasteiger partial charge in [0.05, 0.1) is 25.6 Å². The van der Waals surface area contributed by atoms with E-state index in [1.54, 1.807) is 0 Å². The molecule has 46 heavy (non-hydrogen) atoms. The van der Waals surface area contributed by atoms with Gasteiger partial charge >= 0.3 is 18.4 Å². The van der Waals surface area contributed by atoms with E-state index in [-0.39, 0.29) is 46.2 Å². The number of imidazole rings is 1. The number of ether oxygens (including phenoxy) is 3. The fourth-order valence-electron chi connectivity index (χ4n) is 5.18. The predicted octanol–water partition coefficient (Wildman–Crippen LogP) is 1.06. The van der Waals surface area contributed by atoms with Crippen molar-refractivity contribution in [1.29, 1.82) is 0 Å². The second-order valence-corrected chi connectivity index (χ2v) is 16.5. The lowest BCUT2D eigenvalue weighted by Gasteiger charge is -2.27. The van der Waals surface area contributed by atoms with Crippen LogP contribution in [0.5, 0.6) is 0 Å². The maximum atomic E-state index is 15.1. The van der Waals surface area contributed by atoms with Crippen molar-refractivity contribution in [3.05, 3.63) is 28.6 Å². The quantitative estimate of drug-likeness (QED) is 0.106. The molecule has 0 bridgehead atoms. The third-order valence-corrected chi connectivity index (χ3v) is 10.5. The Labute approximate surface area is 271 Å². The van der Waals surface area contributed by atoms with Gasteiger partial charge in [-0.3, -0.25) is 23.0 Å². The maximum Gasteiger partial charge on any atom is 0.383 e. The fourth-order valence-corrected chi connectivity index (χ4v) is 8.02. The van der Waals surface area contributed by atoms with Gasteiger partial charge in [0.2, 0.25) is 0 Å². The van der Waals surface area contributed by atoms with Gasteiger partial charge in [0.1, 0.15) is 53.2 Å². The van der Waals surface area contributed by atoms with Gasteiger partial charge in [0, 0.05) is 13.5 Å². The number of nitrogens with zero attached hydrogens (tertiary/aromatic N) is 7. The summed E-state index contributed by atoms with van der Waals surface area (Å²) in [6, 6.07) is 0. The first-order valence-corrected chi connectivity index (χ1v) is 19.3. The smallest absolute Gasteiger partial charge is 0.382 e. The minimum Gasteiger partial charge on any atom is -0.382 e. The monoisotopic (exact) mass is 741 g/mol. The minimum absolute atomic E-state index is 0.0389. The van der Waals surface area contributed by atoms with Crippen molar-refractivity contribution in [2.24, 2.45) is 0 Å². The standard InChI is InChI=1S/C21H26FN9O10P2S3/c1-36-12-10(4-37-42(33,34)44)40-20(31-18-14(46-21(31)32)16(24)26-6-28-18)13(12)41-43(35,45)38-3-8-2-9(22)19(39-8)30-7-29-11-15(23)25-5-27-17(11)30/h5-10,12-13,19-20H,2-4H2,1H3,(H,35,45)(H2,23,25,27)(H2,24,26,28)(H2,33,34,44)/t8-,9+,10+,12?,13+,19+,20+,43?/m0/s1. The Kier molecular flexibility index (Phi) is 9.50. The second kappa shape index (κ2) is 13.0. The summed E-state index contributed by atoms with van der Waals surface area (Å²) in [6.07, 6.45) is -4.91. The van der Waals surface area contributed by atoms with Crippen LogP contribution in [-0.4, -0.2) is 94.8 Å². The third-order valence-electron chi connectivity index (χ3n) is 7.12. The van der Waals surface area contributed by atoms with Crippen molar-refractivity contribution in [3.8, 4) is 0 Å². The lowest BCUT2D eigenvalue weighted by molar-refractivity contribution is -0.0513. The van der Waals surface area contributed by atoms with E-state index in [1.165, 1.54) is 24.3 Å². The van der Waals surface area contributed by atoms with Crippen molar-refractivity contribution in [3.63, 3.8) is 0 Å². The summed E-state index contributed by atoms with van der Waals surface area (Å²) >= 11 is 9.53. The molecule has 0 aromatic carbocycles. The van der Waals surface area contributed by atoms with E-state index in [1.807, 2.05) is 0 Å². The molecule has 250 valence electrons. The normalized spacial score (nSPS) is 29.4. The first-order chi connectivity index (χ1) is 21.8. The van der Waals surface area contributed by atoms with Crippen LogP contribution in [0.4, 0.5) is 16.0 Å². The zero-order chi connectivity index (χ0) is 33.0. The van der Waals surface area contributed by atoms with Crippen molar-refractivity contribution in [2.45, 2.75) is 49.5 Å². The molecule has 0 spiro atoms. The summed E-state index contributed by atoms with van der Waals surface area (Å²) in [5, 5.41) is 0. The van der Waals surface area contributed by atoms with E-state index in [4.69, 9.17) is 51.1 Å². The molecule has 0 saturated carbocycles. The van der Waals surface area contributed by atoms with Crippen LogP contribution in [-0.2, 0) is 44.2 Å². The number of thiol groups is 1. The number of hydrogen-bond acceptors (Lipinski definition) is 17. The Morgan fingerprint density at radius 2 is 1.80 bits per heavy atom. The number of thiazole rings is 1. The van der Waals surface area contributed by atoms with Crippen molar-refractivity contribution < 1.29 is 46.5 Å².